The van der Waals surface area contributed by atoms with Crippen molar-refractivity contribution in [1.29, 1.82) is 0 Å². The molecule has 0 aromatic rings. The monoisotopic (exact) mass is 185 g/mol. The van der Waals surface area contributed by atoms with Gasteiger partial charge in [-0.05, 0) is 32.2 Å². The number of ether oxygens (including phenoxy) is 1. The van der Waals surface area contributed by atoms with Gasteiger partial charge in [-0.2, -0.15) is 0 Å². The summed E-state index contributed by atoms with van der Waals surface area (Å²) in [7, 11) is 2.01. The molecule has 0 radical (unpaired) electrons. The van der Waals surface area contributed by atoms with Gasteiger partial charge in [-0.3, -0.25) is 0 Å². The summed E-state index contributed by atoms with van der Waals surface area (Å²) < 4.78 is 5.70. The average molecular weight is 185 g/mol. The van der Waals surface area contributed by atoms with E-state index in [0.717, 1.165) is 25.6 Å². The number of nitrogens with one attached hydrogen (secondary N) is 1. The Morgan fingerprint density at radius 1 is 1.38 bits per heavy atom. The minimum absolute atomic E-state index is 0.543. The van der Waals surface area contributed by atoms with Gasteiger partial charge in [0.2, 0.25) is 0 Å². The molecule has 13 heavy (non-hydrogen) atoms. The van der Waals surface area contributed by atoms with Crippen LogP contribution in [0.2, 0.25) is 0 Å². The van der Waals surface area contributed by atoms with E-state index in [-0.39, 0.29) is 0 Å². The van der Waals surface area contributed by atoms with E-state index in [1.807, 2.05) is 7.05 Å². The highest BCUT2D eigenvalue weighted by molar-refractivity contribution is 4.67. The molecule has 0 amide bonds. The zero-order chi connectivity index (χ0) is 9.52. The van der Waals surface area contributed by atoms with Crippen LogP contribution in [-0.2, 0) is 4.74 Å². The first-order valence-electron chi connectivity index (χ1n) is 5.61. The normalized spacial score (nSPS) is 20.8. The summed E-state index contributed by atoms with van der Waals surface area (Å²) in [5, 5.41) is 3.25. The fraction of sp³-hybridized carbons (Fsp3) is 1.00. The lowest BCUT2D eigenvalue weighted by Crippen LogP contribution is -2.30. The summed E-state index contributed by atoms with van der Waals surface area (Å²) in [5.74, 6) is 0.856. The fourth-order valence-electron chi connectivity index (χ4n) is 1.96. The van der Waals surface area contributed by atoms with Crippen molar-refractivity contribution in [3.63, 3.8) is 0 Å². The maximum Gasteiger partial charge on any atom is 0.0619 e. The second kappa shape index (κ2) is 6.39. The first-order valence-corrected chi connectivity index (χ1v) is 5.61. The highest BCUT2D eigenvalue weighted by Gasteiger charge is 2.15. The summed E-state index contributed by atoms with van der Waals surface area (Å²) in [6.07, 6.45) is 6.75. The fourth-order valence-corrected chi connectivity index (χ4v) is 1.96. The molecule has 1 saturated carbocycles. The third kappa shape index (κ3) is 4.10. The van der Waals surface area contributed by atoms with E-state index in [1.54, 1.807) is 0 Å². The first kappa shape index (κ1) is 11.0. The first-order chi connectivity index (χ1) is 6.36. The molecule has 0 aromatic heterocycles. The molecule has 1 N–H and O–H groups in total. The third-order valence-electron chi connectivity index (χ3n) is 3.05. The SMILES string of the molecule is CCC(COCC1CCCC1)NC. The lowest BCUT2D eigenvalue weighted by molar-refractivity contribution is 0.0837. The van der Waals surface area contributed by atoms with Gasteiger partial charge in [0.05, 0.1) is 6.61 Å². The van der Waals surface area contributed by atoms with Crippen molar-refractivity contribution in [2.24, 2.45) is 5.92 Å². The van der Waals surface area contributed by atoms with Gasteiger partial charge in [0.25, 0.3) is 0 Å². The Morgan fingerprint density at radius 3 is 2.62 bits per heavy atom. The van der Waals surface area contributed by atoms with Crippen LogP contribution in [0.4, 0.5) is 0 Å². The molecule has 0 bridgehead atoms. The Bertz CT molecular complexity index is 115. The standard InChI is InChI=1S/C11H23NO/c1-3-11(12-2)9-13-8-10-6-4-5-7-10/h10-12H,3-9H2,1-2H3. The van der Waals surface area contributed by atoms with Crippen LogP contribution in [0.25, 0.3) is 0 Å². The van der Waals surface area contributed by atoms with Crippen molar-refractivity contribution in [2.45, 2.75) is 45.1 Å². The van der Waals surface area contributed by atoms with Gasteiger partial charge >= 0.3 is 0 Å². The van der Waals surface area contributed by atoms with Gasteiger partial charge in [0, 0.05) is 12.6 Å². The van der Waals surface area contributed by atoms with Crippen LogP contribution in [0.15, 0.2) is 0 Å². The quantitative estimate of drug-likeness (QED) is 0.685. The number of likely N-dealkylation sites (N-methyl/N-ethyl adjacent to an activating group) is 1. The van der Waals surface area contributed by atoms with Crippen molar-refractivity contribution < 1.29 is 4.74 Å². The summed E-state index contributed by atoms with van der Waals surface area (Å²) in [6.45, 7) is 4.06. The predicted molar refractivity (Wildman–Crippen MR) is 55.9 cm³/mol. The van der Waals surface area contributed by atoms with Crippen LogP contribution >= 0.6 is 0 Å². The molecule has 0 spiro atoms. The predicted octanol–water partition coefficient (Wildman–Crippen LogP) is 2.19. The van der Waals surface area contributed by atoms with Crippen molar-refractivity contribution >= 4 is 0 Å². The molecule has 1 aliphatic rings. The van der Waals surface area contributed by atoms with Crippen LogP contribution in [-0.4, -0.2) is 26.3 Å². The van der Waals surface area contributed by atoms with Crippen LogP contribution in [0, 0.1) is 5.92 Å². The number of hydrogen-bond acceptors (Lipinski definition) is 2. The summed E-state index contributed by atoms with van der Waals surface area (Å²) in [5.41, 5.74) is 0. The minimum Gasteiger partial charge on any atom is -0.380 e. The van der Waals surface area contributed by atoms with Crippen LogP contribution in [0.3, 0.4) is 0 Å². The Balaban J connectivity index is 1.98. The zero-order valence-electron chi connectivity index (χ0n) is 9.01. The average Bonchev–Trinajstić information content (AvgIpc) is 2.65. The molecular weight excluding hydrogens is 162 g/mol. The molecule has 1 unspecified atom stereocenters. The Hall–Kier alpha value is -0.0800. The van der Waals surface area contributed by atoms with Gasteiger partial charge in [-0.1, -0.05) is 19.8 Å². The molecule has 2 nitrogen and oxygen atoms in total. The van der Waals surface area contributed by atoms with E-state index in [9.17, 15) is 0 Å². The molecule has 0 saturated heterocycles. The zero-order valence-corrected chi connectivity index (χ0v) is 9.01. The Labute approximate surface area is 82.0 Å². The molecule has 78 valence electrons. The second-order valence-electron chi connectivity index (χ2n) is 4.08. The van der Waals surface area contributed by atoms with Gasteiger partial charge in [0.1, 0.15) is 0 Å². The number of rotatable bonds is 6. The summed E-state index contributed by atoms with van der Waals surface area (Å²) in [6, 6.07) is 0.543. The van der Waals surface area contributed by atoms with E-state index in [4.69, 9.17) is 4.74 Å². The molecule has 0 aromatic carbocycles. The molecule has 2 heteroatoms. The van der Waals surface area contributed by atoms with Crippen LogP contribution in [0.5, 0.6) is 0 Å². The van der Waals surface area contributed by atoms with Crippen molar-refractivity contribution in [1.82, 2.24) is 5.32 Å². The molecule has 1 fully saturated rings. The molecular formula is C11H23NO. The van der Waals surface area contributed by atoms with Gasteiger partial charge in [0.15, 0.2) is 0 Å². The van der Waals surface area contributed by atoms with Crippen molar-refractivity contribution in [2.75, 3.05) is 20.3 Å². The molecule has 0 heterocycles. The number of hydrogen-bond donors (Lipinski definition) is 1. The molecule has 1 atom stereocenters. The van der Waals surface area contributed by atoms with Crippen molar-refractivity contribution in [3.8, 4) is 0 Å². The van der Waals surface area contributed by atoms with Gasteiger partial charge in [-0.25, -0.2) is 0 Å². The Kier molecular flexibility index (Phi) is 5.40. The minimum atomic E-state index is 0.543. The summed E-state index contributed by atoms with van der Waals surface area (Å²) in [4.78, 5) is 0. The molecule has 1 rings (SSSR count). The van der Waals surface area contributed by atoms with Crippen LogP contribution in [0.1, 0.15) is 39.0 Å². The molecule has 0 aliphatic heterocycles. The van der Waals surface area contributed by atoms with Crippen molar-refractivity contribution in [3.05, 3.63) is 0 Å². The second-order valence-corrected chi connectivity index (χ2v) is 4.08. The summed E-state index contributed by atoms with van der Waals surface area (Å²) >= 11 is 0. The van der Waals surface area contributed by atoms with E-state index in [2.05, 4.69) is 12.2 Å². The van der Waals surface area contributed by atoms with Gasteiger partial charge in [-0.15, -0.1) is 0 Å². The van der Waals surface area contributed by atoms with Gasteiger partial charge < -0.3 is 10.1 Å². The lowest BCUT2D eigenvalue weighted by atomic mass is 10.1. The molecule has 1 aliphatic carbocycles. The largest absolute Gasteiger partial charge is 0.380 e. The topological polar surface area (TPSA) is 21.3 Å². The lowest BCUT2D eigenvalue weighted by Gasteiger charge is -2.16. The van der Waals surface area contributed by atoms with E-state index in [1.165, 1.54) is 25.7 Å². The van der Waals surface area contributed by atoms with E-state index >= 15 is 0 Å². The maximum absolute atomic E-state index is 5.70. The van der Waals surface area contributed by atoms with E-state index < -0.39 is 0 Å². The Morgan fingerprint density at radius 2 is 2.08 bits per heavy atom. The van der Waals surface area contributed by atoms with E-state index in [0.29, 0.717) is 6.04 Å². The highest BCUT2D eigenvalue weighted by atomic mass is 16.5. The highest BCUT2D eigenvalue weighted by Crippen LogP contribution is 2.24. The smallest absolute Gasteiger partial charge is 0.0619 e. The maximum atomic E-state index is 5.70. The van der Waals surface area contributed by atoms with Crippen LogP contribution < -0.4 is 5.32 Å². The third-order valence-corrected chi connectivity index (χ3v) is 3.05.